The molecule has 7 nitrogen and oxygen atoms in total. The number of hydrogen-bond acceptors (Lipinski definition) is 6. The van der Waals surface area contributed by atoms with Crippen molar-refractivity contribution in [3.05, 3.63) is 64.3 Å². The maximum atomic E-state index is 13.0. The van der Waals surface area contributed by atoms with Gasteiger partial charge >= 0.3 is 0 Å². The molecule has 0 spiro atoms. The van der Waals surface area contributed by atoms with Crippen molar-refractivity contribution in [1.82, 2.24) is 14.8 Å². The minimum absolute atomic E-state index is 0.127. The van der Waals surface area contributed by atoms with Crippen molar-refractivity contribution in [1.29, 1.82) is 0 Å². The van der Waals surface area contributed by atoms with Crippen LogP contribution in [-0.2, 0) is 4.79 Å². The number of methoxy groups -OCH3 is 1. The van der Waals surface area contributed by atoms with E-state index in [1.807, 2.05) is 49.4 Å². The summed E-state index contributed by atoms with van der Waals surface area (Å²) in [6.45, 7) is 2.46. The fourth-order valence-electron chi connectivity index (χ4n) is 4.34. The van der Waals surface area contributed by atoms with E-state index in [1.165, 1.54) is 0 Å². The lowest BCUT2D eigenvalue weighted by Gasteiger charge is -2.32. The number of fused-ring (bicyclic) bond motifs is 1. The molecule has 164 valence electrons. The molecule has 1 atom stereocenters. The van der Waals surface area contributed by atoms with Gasteiger partial charge in [-0.15, -0.1) is 5.10 Å². The SMILES string of the molecule is CCOc1ccc(C2C3=C(CCCC3=O)Nc3nc(-c4cccc(Cl)c4)nn32)cc1OC. The molecule has 32 heavy (non-hydrogen) atoms. The summed E-state index contributed by atoms with van der Waals surface area (Å²) in [5.41, 5.74) is 3.35. The molecule has 2 heterocycles. The van der Waals surface area contributed by atoms with Gasteiger partial charge in [-0.2, -0.15) is 4.98 Å². The zero-order valence-corrected chi connectivity index (χ0v) is 18.6. The molecule has 2 aromatic carbocycles. The third kappa shape index (κ3) is 3.52. The van der Waals surface area contributed by atoms with Crippen LogP contribution in [0.5, 0.6) is 11.5 Å². The number of nitrogens with one attached hydrogen (secondary N) is 1. The number of halogens is 1. The molecule has 5 rings (SSSR count). The van der Waals surface area contributed by atoms with E-state index in [-0.39, 0.29) is 5.78 Å². The second-order valence-electron chi connectivity index (χ2n) is 7.75. The number of ether oxygens (including phenoxy) is 2. The Labute approximate surface area is 191 Å². The minimum atomic E-state index is -0.404. The predicted molar refractivity (Wildman–Crippen MR) is 122 cm³/mol. The number of aromatic nitrogens is 3. The topological polar surface area (TPSA) is 78.3 Å². The van der Waals surface area contributed by atoms with E-state index >= 15 is 0 Å². The van der Waals surface area contributed by atoms with Gasteiger partial charge in [0.1, 0.15) is 6.04 Å². The average Bonchev–Trinajstić information content (AvgIpc) is 3.22. The van der Waals surface area contributed by atoms with Crippen molar-refractivity contribution < 1.29 is 14.3 Å². The lowest BCUT2D eigenvalue weighted by atomic mass is 9.85. The molecular formula is C24H23ClN4O3. The van der Waals surface area contributed by atoms with Gasteiger partial charge in [0.05, 0.1) is 13.7 Å². The number of nitrogens with zero attached hydrogens (tertiary/aromatic N) is 3. The smallest absolute Gasteiger partial charge is 0.226 e. The van der Waals surface area contributed by atoms with Crippen LogP contribution in [0.25, 0.3) is 11.4 Å². The van der Waals surface area contributed by atoms with Crippen LogP contribution in [0.4, 0.5) is 5.95 Å². The summed E-state index contributed by atoms with van der Waals surface area (Å²) in [5.74, 6) is 2.55. The second-order valence-corrected chi connectivity index (χ2v) is 8.19. The van der Waals surface area contributed by atoms with Crippen LogP contribution in [0.1, 0.15) is 37.8 Å². The lowest BCUT2D eigenvalue weighted by Crippen LogP contribution is -2.31. The highest BCUT2D eigenvalue weighted by molar-refractivity contribution is 6.30. The van der Waals surface area contributed by atoms with Crippen molar-refractivity contribution in [2.24, 2.45) is 0 Å². The summed E-state index contributed by atoms with van der Waals surface area (Å²) in [6.07, 6.45) is 2.14. The molecule has 1 unspecified atom stereocenters. The second kappa shape index (κ2) is 8.31. The molecule has 1 aliphatic heterocycles. The lowest BCUT2D eigenvalue weighted by molar-refractivity contribution is -0.116. The van der Waals surface area contributed by atoms with Crippen LogP contribution in [0.2, 0.25) is 5.02 Å². The average molecular weight is 451 g/mol. The van der Waals surface area contributed by atoms with Crippen LogP contribution in [0, 0.1) is 0 Å². The van der Waals surface area contributed by atoms with Crippen molar-refractivity contribution >= 4 is 23.3 Å². The normalized spacial score (nSPS) is 17.5. The number of hydrogen-bond donors (Lipinski definition) is 1. The van der Waals surface area contributed by atoms with E-state index in [2.05, 4.69) is 5.32 Å². The highest BCUT2D eigenvalue weighted by Gasteiger charge is 2.37. The third-order valence-electron chi connectivity index (χ3n) is 5.75. The van der Waals surface area contributed by atoms with E-state index in [9.17, 15) is 4.79 Å². The standard InChI is InChI=1S/C24H23ClN4O3/c1-3-32-19-11-10-14(13-20(19)31-2)22-21-17(8-5-9-18(21)30)26-24-27-23(28-29(22)24)15-6-4-7-16(25)12-15/h4,6-7,10-13,22H,3,5,8-9H2,1-2H3,(H,26,27,28). The third-order valence-corrected chi connectivity index (χ3v) is 5.99. The van der Waals surface area contributed by atoms with Crippen molar-refractivity contribution in [2.75, 3.05) is 19.0 Å². The molecule has 1 aliphatic carbocycles. The van der Waals surface area contributed by atoms with Crippen LogP contribution in [0.15, 0.2) is 53.7 Å². The monoisotopic (exact) mass is 450 g/mol. The summed E-state index contributed by atoms with van der Waals surface area (Å²) in [5, 5.41) is 8.75. The maximum Gasteiger partial charge on any atom is 0.226 e. The Balaban J connectivity index is 1.66. The van der Waals surface area contributed by atoms with Crippen molar-refractivity contribution in [3.8, 4) is 22.9 Å². The molecule has 8 heteroatoms. The van der Waals surface area contributed by atoms with E-state index in [1.54, 1.807) is 11.8 Å². The summed E-state index contributed by atoms with van der Waals surface area (Å²) >= 11 is 6.18. The Bertz CT molecular complexity index is 1230. The molecular weight excluding hydrogens is 428 g/mol. The van der Waals surface area contributed by atoms with Gasteiger partial charge in [-0.25, -0.2) is 4.68 Å². The molecule has 1 N–H and O–H groups in total. The minimum Gasteiger partial charge on any atom is -0.493 e. The highest BCUT2D eigenvalue weighted by atomic mass is 35.5. The first kappa shape index (κ1) is 20.6. The van der Waals surface area contributed by atoms with E-state index in [4.69, 9.17) is 31.2 Å². The fraction of sp³-hybridized carbons (Fsp3) is 0.292. The number of Topliss-reactive ketones (excluding diaryl/α,β-unsaturated/α-hetero) is 1. The summed E-state index contributed by atoms with van der Waals surface area (Å²) in [4.78, 5) is 17.8. The Morgan fingerprint density at radius 3 is 2.84 bits per heavy atom. The molecule has 0 amide bonds. The quantitative estimate of drug-likeness (QED) is 0.587. The number of carbonyl (C=O) groups is 1. The molecule has 0 saturated carbocycles. The van der Waals surface area contributed by atoms with Gasteiger partial charge in [0.2, 0.25) is 5.95 Å². The Morgan fingerprint density at radius 1 is 1.19 bits per heavy atom. The number of carbonyl (C=O) groups excluding carboxylic acids is 1. The fourth-order valence-corrected chi connectivity index (χ4v) is 4.53. The molecule has 3 aromatic rings. The molecule has 2 aliphatic rings. The van der Waals surface area contributed by atoms with Crippen LogP contribution >= 0.6 is 11.6 Å². The van der Waals surface area contributed by atoms with Gasteiger partial charge < -0.3 is 14.8 Å². The van der Waals surface area contributed by atoms with Gasteiger partial charge in [0.15, 0.2) is 23.1 Å². The van der Waals surface area contributed by atoms with Crippen LogP contribution < -0.4 is 14.8 Å². The molecule has 0 fully saturated rings. The van der Waals surface area contributed by atoms with Crippen LogP contribution in [0.3, 0.4) is 0 Å². The van der Waals surface area contributed by atoms with Gasteiger partial charge in [0, 0.05) is 28.3 Å². The highest BCUT2D eigenvalue weighted by Crippen LogP contribution is 2.42. The van der Waals surface area contributed by atoms with Crippen molar-refractivity contribution in [2.45, 2.75) is 32.2 Å². The number of benzene rings is 2. The molecule has 0 saturated heterocycles. The Hall–Kier alpha value is -3.32. The number of rotatable bonds is 5. The van der Waals surface area contributed by atoms with Crippen LogP contribution in [-0.4, -0.2) is 34.3 Å². The maximum absolute atomic E-state index is 13.0. The number of ketones is 1. The summed E-state index contributed by atoms with van der Waals surface area (Å²) in [6, 6.07) is 12.8. The molecule has 0 bridgehead atoms. The van der Waals surface area contributed by atoms with E-state index in [0.717, 1.165) is 35.2 Å². The summed E-state index contributed by atoms with van der Waals surface area (Å²) < 4.78 is 13.0. The molecule has 1 aromatic heterocycles. The van der Waals surface area contributed by atoms with Gasteiger partial charge in [-0.3, -0.25) is 4.79 Å². The zero-order valence-electron chi connectivity index (χ0n) is 17.9. The van der Waals surface area contributed by atoms with Gasteiger partial charge in [-0.1, -0.05) is 29.8 Å². The first-order valence-corrected chi connectivity index (χ1v) is 11.0. The Morgan fingerprint density at radius 2 is 2.06 bits per heavy atom. The van der Waals surface area contributed by atoms with Gasteiger partial charge in [-0.05, 0) is 49.6 Å². The predicted octanol–water partition coefficient (Wildman–Crippen LogP) is 5.03. The zero-order chi connectivity index (χ0) is 22.2. The van der Waals surface area contributed by atoms with E-state index in [0.29, 0.717) is 41.3 Å². The largest absolute Gasteiger partial charge is 0.493 e. The molecule has 0 radical (unpaired) electrons. The Kier molecular flexibility index (Phi) is 5.35. The van der Waals surface area contributed by atoms with Gasteiger partial charge in [0.25, 0.3) is 0 Å². The number of allylic oxidation sites excluding steroid dienone is 2. The first-order valence-electron chi connectivity index (χ1n) is 10.7. The number of anilines is 1. The van der Waals surface area contributed by atoms with E-state index < -0.39 is 6.04 Å². The first-order chi connectivity index (χ1) is 15.6. The summed E-state index contributed by atoms with van der Waals surface area (Å²) in [7, 11) is 1.61. The van der Waals surface area contributed by atoms with Crippen molar-refractivity contribution in [3.63, 3.8) is 0 Å².